The molecular formula is C44H30MnN4O10S2. The van der Waals surface area contributed by atoms with Gasteiger partial charge < -0.3 is 29.0 Å². The SMILES string of the molecule is Cc1ccc2[nH]c3cc4c(=O)c5cc(C)cc(S(=O)(=O)[O-])c5[nH]c4cc3c(=O)c2c1.Cc1ccc2[nH]c3cc4c(=O)c5cc(C)cc(S(=O)(=O)[O-])c5[nH]c4cc3c(=O)c2c1.[Mn+2]. The number of hydrogen-bond acceptors (Lipinski definition) is 10. The van der Waals surface area contributed by atoms with Crippen LogP contribution in [0.3, 0.4) is 0 Å². The van der Waals surface area contributed by atoms with Gasteiger partial charge in [-0.05, 0) is 112 Å². The van der Waals surface area contributed by atoms with Crippen molar-refractivity contribution in [2.75, 3.05) is 0 Å². The fourth-order valence-electron chi connectivity index (χ4n) is 7.93. The minimum atomic E-state index is -4.81. The first kappa shape index (κ1) is 41.3. The summed E-state index contributed by atoms with van der Waals surface area (Å²) in [5, 5.41) is 2.54. The fraction of sp³-hybridized carbons (Fsp3) is 0.0909. The molecule has 4 aromatic heterocycles. The summed E-state index contributed by atoms with van der Waals surface area (Å²) in [5.41, 5.74) is 4.37. The van der Waals surface area contributed by atoms with Crippen molar-refractivity contribution in [1.29, 1.82) is 0 Å². The number of nitrogens with one attached hydrogen (secondary N) is 4. The van der Waals surface area contributed by atoms with E-state index in [0.717, 1.165) is 11.1 Å². The van der Waals surface area contributed by atoms with Gasteiger partial charge in [0.15, 0.2) is 21.7 Å². The monoisotopic (exact) mass is 893 g/mol. The summed E-state index contributed by atoms with van der Waals surface area (Å²) in [6, 6.07) is 22.7. The molecule has 14 nitrogen and oxygen atoms in total. The number of pyridine rings is 4. The van der Waals surface area contributed by atoms with E-state index in [2.05, 4.69) is 19.9 Å². The number of rotatable bonds is 2. The second kappa shape index (κ2) is 14.3. The third kappa shape index (κ3) is 6.90. The van der Waals surface area contributed by atoms with Crippen LogP contribution in [0.1, 0.15) is 22.3 Å². The summed E-state index contributed by atoms with van der Waals surface area (Å²) in [4.78, 5) is 63.6. The number of H-pyrrole nitrogens is 4. The first-order chi connectivity index (χ1) is 28.3. The molecule has 0 aliphatic heterocycles. The first-order valence-corrected chi connectivity index (χ1v) is 21.1. The molecular weight excluding hydrogens is 864 g/mol. The van der Waals surface area contributed by atoms with Crippen molar-refractivity contribution in [3.05, 3.63) is 148 Å². The molecule has 0 aliphatic rings. The zero-order valence-corrected chi connectivity index (χ0v) is 35.2. The van der Waals surface area contributed by atoms with Crippen LogP contribution in [0.15, 0.2) is 114 Å². The molecule has 10 aromatic rings. The van der Waals surface area contributed by atoms with Crippen LogP contribution in [0, 0.1) is 27.7 Å². The van der Waals surface area contributed by atoms with Gasteiger partial charge >= 0.3 is 17.1 Å². The van der Waals surface area contributed by atoms with Gasteiger partial charge in [-0.1, -0.05) is 23.3 Å². The standard InChI is InChI=1S/2C22H16N2O5S.Mn/c2*1-10-3-4-16-12(5-10)21(25)13-9-18-14(8-17(13)23-16)22(26)15-6-11(2)7-19(20(15)24-18)30(27,28)29;/h2*3-9H,1-2H3,(H,23,25)(H,24,26)(H,27,28,29);/q;;+2/p-2. The first-order valence-electron chi connectivity index (χ1n) is 18.3. The fourth-order valence-corrected chi connectivity index (χ4v) is 9.41. The molecule has 0 saturated heterocycles. The van der Waals surface area contributed by atoms with Crippen molar-refractivity contribution >= 4 is 107 Å². The molecule has 1 radical (unpaired) electrons. The van der Waals surface area contributed by atoms with E-state index in [1.807, 2.05) is 38.1 Å². The minimum absolute atomic E-state index is 0. The van der Waals surface area contributed by atoms with Crippen molar-refractivity contribution < 1.29 is 43.0 Å². The molecule has 305 valence electrons. The van der Waals surface area contributed by atoms with Crippen LogP contribution >= 0.6 is 0 Å². The molecule has 0 bridgehead atoms. The van der Waals surface area contributed by atoms with Gasteiger partial charge in [0.25, 0.3) is 0 Å². The molecule has 17 heteroatoms. The number of benzene rings is 6. The van der Waals surface area contributed by atoms with Crippen LogP contribution in [-0.2, 0) is 37.3 Å². The third-order valence-electron chi connectivity index (χ3n) is 10.7. The summed E-state index contributed by atoms with van der Waals surface area (Å²) >= 11 is 0. The Kier molecular flexibility index (Phi) is 9.70. The summed E-state index contributed by atoms with van der Waals surface area (Å²) in [6.07, 6.45) is 0. The average molecular weight is 894 g/mol. The molecule has 6 aromatic carbocycles. The Bertz CT molecular complexity index is 3830. The Morgan fingerprint density at radius 2 is 0.639 bits per heavy atom. The molecule has 0 fully saturated rings. The molecule has 10 rings (SSSR count). The molecule has 4 heterocycles. The Morgan fingerprint density at radius 3 is 0.967 bits per heavy atom. The predicted molar refractivity (Wildman–Crippen MR) is 230 cm³/mol. The number of aryl methyl sites for hydroxylation is 4. The van der Waals surface area contributed by atoms with E-state index in [4.69, 9.17) is 0 Å². The van der Waals surface area contributed by atoms with E-state index in [-0.39, 0.29) is 71.5 Å². The largest absolute Gasteiger partial charge is 2.00 e. The van der Waals surface area contributed by atoms with Crippen LogP contribution < -0.4 is 21.7 Å². The van der Waals surface area contributed by atoms with Crippen molar-refractivity contribution in [2.24, 2.45) is 0 Å². The van der Waals surface area contributed by atoms with Crippen LogP contribution in [0.25, 0.3) is 87.2 Å². The Morgan fingerprint density at radius 1 is 0.361 bits per heavy atom. The number of fused-ring (bicyclic) bond motifs is 8. The van der Waals surface area contributed by atoms with Gasteiger partial charge in [0.05, 0.1) is 42.9 Å². The van der Waals surface area contributed by atoms with Crippen molar-refractivity contribution in [1.82, 2.24) is 19.9 Å². The van der Waals surface area contributed by atoms with Crippen LogP contribution in [0.5, 0.6) is 0 Å². The van der Waals surface area contributed by atoms with Crippen LogP contribution in [0.2, 0.25) is 0 Å². The van der Waals surface area contributed by atoms with E-state index >= 15 is 0 Å². The van der Waals surface area contributed by atoms with Gasteiger partial charge in [-0.15, -0.1) is 0 Å². The molecule has 0 amide bonds. The molecule has 0 aliphatic carbocycles. The number of aromatic nitrogens is 4. The summed E-state index contributed by atoms with van der Waals surface area (Å²) in [6.45, 7) is 7.01. The predicted octanol–water partition coefficient (Wildman–Crippen LogP) is 6.39. The van der Waals surface area contributed by atoms with Gasteiger partial charge in [0.2, 0.25) is 0 Å². The molecule has 4 N–H and O–H groups in total. The average Bonchev–Trinajstić information content (AvgIpc) is 3.18. The van der Waals surface area contributed by atoms with Gasteiger partial charge in [0, 0.05) is 54.1 Å². The molecule has 0 saturated carbocycles. The maximum Gasteiger partial charge on any atom is 2.00 e. The number of hydrogen-bond donors (Lipinski definition) is 4. The van der Waals surface area contributed by atoms with Crippen molar-refractivity contribution in [2.45, 2.75) is 37.5 Å². The summed E-state index contributed by atoms with van der Waals surface area (Å²) in [5.74, 6) is 0. The van der Waals surface area contributed by atoms with Gasteiger partial charge in [0.1, 0.15) is 20.2 Å². The summed E-state index contributed by atoms with van der Waals surface area (Å²) in [7, 11) is -9.62. The second-order valence-corrected chi connectivity index (χ2v) is 17.8. The van der Waals surface area contributed by atoms with E-state index in [1.54, 1.807) is 50.2 Å². The van der Waals surface area contributed by atoms with Crippen LogP contribution in [0.4, 0.5) is 0 Å². The van der Waals surface area contributed by atoms with Gasteiger partial charge in [-0.25, -0.2) is 16.8 Å². The van der Waals surface area contributed by atoms with E-state index in [9.17, 15) is 45.1 Å². The van der Waals surface area contributed by atoms with Crippen LogP contribution in [-0.4, -0.2) is 45.9 Å². The van der Waals surface area contributed by atoms with Gasteiger partial charge in [-0.3, -0.25) is 19.2 Å². The van der Waals surface area contributed by atoms with E-state index in [0.29, 0.717) is 54.7 Å². The Balaban J connectivity index is 0.000000166. The maximum absolute atomic E-state index is 13.1. The smallest absolute Gasteiger partial charge is 0.744 e. The number of aromatic amines is 4. The molecule has 61 heavy (non-hydrogen) atoms. The molecule has 0 unspecified atom stereocenters. The molecule has 0 atom stereocenters. The topological polar surface area (TPSA) is 246 Å². The van der Waals surface area contributed by atoms with Gasteiger partial charge in [-0.2, -0.15) is 0 Å². The van der Waals surface area contributed by atoms with Crippen molar-refractivity contribution in [3.8, 4) is 0 Å². The normalized spacial score (nSPS) is 12.2. The zero-order chi connectivity index (χ0) is 42.7. The summed E-state index contributed by atoms with van der Waals surface area (Å²) < 4.78 is 70.6. The van der Waals surface area contributed by atoms with E-state index < -0.39 is 40.9 Å². The third-order valence-corrected chi connectivity index (χ3v) is 12.4. The quantitative estimate of drug-likeness (QED) is 0.0846. The minimum Gasteiger partial charge on any atom is -0.744 e. The molecule has 0 spiro atoms. The van der Waals surface area contributed by atoms with Crippen molar-refractivity contribution in [3.63, 3.8) is 0 Å². The van der Waals surface area contributed by atoms with E-state index in [1.165, 1.54) is 24.3 Å². The Hall–Kier alpha value is -6.46. The Labute approximate surface area is 354 Å². The second-order valence-electron chi connectivity index (χ2n) is 15.1. The maximum atomic E-state index is 13.1. The zero-order valence-electron chi connectivity index (χ0n) is 32.4.